The summed E-state index contributed by atoms with van der Waals surface area (Å²) in [5.74, 6) is 2.79. The minimum Gasteiger partial charge on any atom is -0.497 e. The molecule has 5 heteroatoms. The van der Waals surface area contributed by atoms with Crippen molar-refractivity contribution in [1.29, 1.82) is 0 Å². The third kappa shape index (κ3) is 3.37. The Morgan fingerprint density at radius 3 is 2.40 bits per heavy atom. The third-order valence-corrected chi connectivity index (χ3v) is 6.20. The normalized spacial score (nSPS) is 32.3. The molecule has 0 aromatic heterocycles. The molecule has 1 amide bonds. The van der Waals surface area contributed by atoms with E-state index in [2.05, 4.69) is 5.32 Å². The van der Waals surface area contributed by atoms with Crippen molar-refractivity contribution in [3.63, 3.8) is 0 Å². The summed E-state index contributed by atoms with van der Waals surface area (Å²) < 4.78 is 10.5. The summed E-state index contributed by atoms with van der Waals surface area (Å²) in [7, 11) is 1.58. The summed E-state index contributed by atoms with van der Waals surface area (Å²) in [4.78, 5) is 24.6. The molecule has 0 saturated heterocycles. The fraction of sp³-hybridized carbons (Fsp3) is 0.600. The van der Waals surface area contributed by atoms with Crippen LogP contribution < -0.4 is 10.1 Å². The molecule has 25 heavy (non-hydrogen) atoms. The first kappa shape index (κ1) is 16.4. The Morgan fingerprint density at radius 2 is 1.76 bits per heavy atom. The van der Waals surface area contributed by atoms with Crippen molar-refractivity contribution in [1.82, 2.24) is 0 Å². The standard InChI is InChI=1S/C20H25NO4/c1-24-17-4-2-3-16(10-17)21-18(22)11-25-20(23)19-14-6-12-5-13(8-14)9-15(19)7-12/h2-4,10,12-15,19H,5-9,11H2,1H3,(H,21,22). The molecular weight excluding hydrogens is 318 g/mol. The minimum atomic E-state index is -0.314. The number of ether oxygens (including phenoxy) is 2. The third-order valence-electron chi connectivity index (χ3n) is 6.20. The molecule has 0 radical (unpaired) electrons. The Bertz CT molecular complexity index is 643. The Balaban J connectivity index is 1.30. The van der Waals surface area contributed by atoms with Crippen LogP contribution in [0.15, 0.2) is 24.3 Å². The molecule has 1 aromatic rings. The van der Waals surface area contributed by atoms with Crippen LogP contribution >= 0.6 is 0 Å². The number of carbonyl (C=O) groups is 2. The van der Waals surface area contributed by atoms with Gasteiger partial charge in [0.1, 0.15) is 5.75 Å². The van der Waals surface area contributed by atoms with Gasteiger partial charge in [-0.2, -0.15) is 0 Å². The van der Waals surface area contributed by atoms with Crippen molar-refractivity contribution in [3.8, 4) is 5.75 Å². The molecule has 0 unspecified atom stereocenters. The van der Waals surface area contributed by atoms with Crippen LogP contribution in [0.3, 0.4) is 0 Å². The van der Waals surface area contributed by atoms with Crippen LogP contribution in [0.5, 0.6) is 5.75 Å². The van der Waals surface area contributed by atoms with E-state index in [-0.39, 0.29) is 24.4 Å². The second kappa shape index (κ2) is 6.70. The molecule has 4 saturated carbocycles. The average molecular weight is 343 g/mol. The Labute approximate surface area is 148 Å². The van der Waals surface area contributed by atoms with Crippen LogP contribution in [-0.4, -0.2) is 25.6 Å². The zero-order chi connectivity index (χ0) is 17.4. The summed E-state index contributed by atoms with van der Waals surface area (Å²) in [5.41, 5.74) is 0.634. The van der Waals surface area contributed by atoms with Gasteiger partial charge in [-0.05, 0) is 67.9 Å². The molecular formula is C20H25NO4. The highest BCUT2D eigenvalue weighted by atomic mass is 16.5. The summed E-state index contributed by atoms with van der Waals surface area (Å²) in [5, 5.41) is 2.74. The van der Waals surface area contributed by atoms with Gasteiger partial charge in [0.2, 0.25) is 0 Å². The molecule has 5 rings (SSSR count). The van der Waals surface area contributed by atoms with Gasteiger partial charge in [-0.15, -0.1) is 0 Å². The monoisotopic (exact) mass is 343 g/mol. The topological polar surface area (TPSA) is 64.6 Å². The van der Waals surface area contributed by atoms with E-state index < -0.39 is 0 Å². The number of nitrogens with one attached hydrogen (secondary N) is 1. The number of carbonyl (C=O) groups excluding carboxylic acids is 2. The molecule has 4 bridgehead atoms. The van der Waals surface area contributed by atoms with Crippen LogP contribution in [0.2, 0.25) is 0 Å². The number of esters is 1. The maximum atomic E-state index is 12.6. The van der Waals surface area contributed by atoms with Crippen LogP contribution in [0.4, 0.5) is 5.69 Å². The lowest BCUT2D eigenvalue weighted by atomic mass is 9.52. The van der Waals surface area contributed by atoms with E-state index in [9.17, 15) is 9.59 Å². The number of hydrogen-bond acceptors (Lipinski definition) is 4. The number of anilines is 1. The van der Waals surface area contributed by atoms with E-state index in [0.717, 1.165) is 11.8 Å². The predicted molar refractivity (Wildman–Crippen MR) is 93.1 cm³/mol. The molecule has 0 atom stereocenters. The van der Waals surface area contributed by atoms with Crippen LogP contribution in [0.1, 0.15) is 32.1 Å². The highest BCUT2D eigenvalue weighted by Gasteiger charge is 2.51. The number of methoxy groups -OCH3 is 1. The van der Waals surface area contributed by atoms with Crippen LogP contribution in [0.25, 0.3) is 0 Å². The van der Waals surface area contributed by atoms with Crippen molar-refractivity contribution in [2.45, 2.75) is 32.1 Å². The van der Waals surface area contributed by atoms with E-state index in [4.69, 9.17) is 9.47 Å². The van der Waals surface area contributed by atoms with Crippen LogP contribution in [-0.2, 0) is 14.3 Å². The van der Waals surface area contributed by atoms with E-state index in [1.54, 1.807) is 25.3 Å². The Morgan fingerprint density at radius 1 is 1.08 bits per heavy atom. The van der Waals surface area contributed by atoms with E-state index in [0.29, 0.717) is 23.3 Å². The number of rotatable bonds is 5. The van der Waals surface area contributed by atoms with Gasteiger partial charge in [0.05, 0.1) is 13.0 Å². The quantitative estimate of drug-likeness (QED) is 0.834. The first-order chi connectivity index (χ1) is 12.1. The van der Waals surface area contributed by atoms with Gasteiger partial charge in [0.15, 0.2) is 6.61 Å². The zero-order valence-corrected chi connectivity index (χ0v) is 14.6. The fourth-order valence-corrected chi connectivity index (χ4v) is 5.44. The van der Waals surface area contributed by atoms with Gasteiger partial charge in [-0.3, -0.25) is 9.59 Å². The van der Waals surface area contributed by atoms with Crippen molar-refractivity contribution < 1.29 is 19.1 Å². The largest absolute Gasteiger partial charge is 0.497 e. The lowest BCUT2D eigenvalue weighted by molar-refractivity contribution is -0.164. The van der Waals surface area contributed by atoms with Crippen molar-refractivity contribution in [2.75, 3.05) is 19.0 Å². The molecule has 4 fully saturated rings. The van der Waals surface area contributed by atoms with E-state index >= 15 is 0 Å². The van der Waals surface area contributed by atoms with Crippen molar-refractivity contribution >= 4 is 17.6 Å². The molecule has 1 aromatic carbocycles. The molecule has 134 valence electrons. The van der Waals surface area contributed by atoms with Gasteiger partial charge in [0, 0.05) is 11.8 Å². The summed E-state index contributed by atoms with van der Waals surface area (Å²) in [6.07, 6.45) is 6.04. The van der Waals surface area contributed by atoms with Crippen molar-refractivity contribution in [3.05, 3.63) is 24.3 Å². The van der Waals surface area contributed by atoms with Gasteiger partial charge in [-0.1, -0.05) is 6.07 Å². The van der Waals surface area contributed by atoms with Crippen LogP contribution in [0, 0.1) is 29.6 Å². The van der Waals surface area contributed by atoms with Gasteiger partial charge in [0.25, 0.3) is 5.91 Å². The van der Waals surface area contributed by atoms with Gasteiger partial charge in [-0.25, -0.2) is 0 Å². The lowest BCUT2D eigenvalue weighted by Crippen LogP contribution is -2.48. The highest BCUT2D eigenvalue weighted by molar-refractivity contribution is 5.93. The van der Waals surface area contributed by atoms with Crippen molar-refractivity contribution in [2.24, 2.45) is 29.6 Å². The average Bonchev–Trinajstić information content (AvgIpc) is 2.59. The Hall–Kier alpha value is -2.04. The fourth-order valence-electron chi connectivity index (χ4n) is 5.44. The summed E-state index contributed by atoms with van der Waals surface area (Å²) in [6, 6.07) is 7.12. The molecule has 4 aliphatic rings. The SMILES string of the molecule is COc1cccc(NC(=O)COC(=O)C2C3CC4CC(C3)CC2C4)c1. The molecule has 0 heterocycles. The second-order valence-electron chi connectivity index (χ2n) is 7.84. The first-order valence-electron chi connectivity index (χ1n) is 9.23. The highest BCUT2D eigenvalue weighted by Crippen LogP contribution is 2.56. The van der Waals surface area contributed by atoms with E-state index in [1.807, 2.05) is 6.07 Å². The number of amides is 1. The maximum absolute atomic E-state index is 12.6. The smallest absolute Gasteiger partial charge is 0.310 e. The van der Waals surface area contributed by atoms with E-state index in [1.165, 1.54) is 32.1 Å². The zero-order valence-electron chi connectivity index (χ0n) is 14.6. The number of hydrogen-bond donors (Lipinski definition) is 1. The van der Waals surface area contributed by atoms with Gasteiger partial charge < -0.3 is 14.8 Å². The van der Waals surface area contributed by atoms with Gasteiger partial charge >= 0.3 is 5.97 Å². The minimum absolute atomic E-state index is 0.0115. The molecule has 0 spiro atoms. The molecule has 4 aliphatic carbocycles. The lowest BCUT2D eigenvalue weighted by Gasteiger charge is -2.53. The first-order valence-corrected chi connectivity index (χ1v) is 9.23. The summed E-state index contributed by atoms with van der Waals surface area (Å²) >= 11 is 0. The Kier molecular flexibility index (Phi) is 4.40. The summed E-state index contributed by atoms with van der Waals surface area (Å²) in [6.45, 7) is -0.223. The molecule has 1 N–H and O–H groups in total. The number of benzene rings is 1. The maximum Gasteiger partial charge on any atom is 0.310 e. The molecule has 5 nitrogen and oxygen atoms in total. The second-order valence-corrected chi connectivity index (χ2v) is 7.84. The predicted octanol–water partition coefficient (Wildman–Crippen LogP) is 3.25. The molecule has 0 aliphatic heterocycles.